The lowest BCUT2D eigenvalue weighted by atomic mass is 10.2. The molecule has 0 saturated carbocycles. The molecule has 2 aromatic rings. The zero-order valence-corrected chi connectivity index (χ0v) is 12.2. The molecular weight excluding hydrogens is 310 g/mol. The van der Waals surface area contributed by atoms with E-state index in [1.165, 1.54) is 0 Å². The molecule has 0 aliphatic heterocycles. The van der Waals surface area contributed by atoms with Gasteiger partial charge in [0.25, 0.3) is 0 Å². The third kappa shape index (κ3) is 3.08. The summed E-state index contributed by atoms with van der Waals surface area (Å²) in [5, 5.41) is 3.18. The number of nitrogens with one attached hydrogen (secondary N) is 1. The van der Waals surface area contributed by atoms with E-state index in [1.807, 2.05) is 18.2 Å². The van der Waals surface area contributed by atoms with Crippen molar-refractivity contribution in [1.82, 2.24) is 4.98 Å². The number of nitrogens with two attached hydrogens (primary N) is 1. The Balaban J connectivity index is 2.28. The highest BCUT2D eigenvalue weighted by molar-refractivity contribution is 9.10. The number of nitrogen functional groups attached to an aromatic ring is 1. The van der Waals surface area contributed by atoms with Crippen LogP contribution in [0.1, 0.15) is 0 Å². The number of ether oxygens (including phenoxy) is 2. The van der Waals surface area contributed by atoms with E-state index in [0.717, 1.165) is 10.2 Å². The first-order valence-corrected chi connectivity index (χ1v) is 6.33. The van der Waals surface area contributed by atoms with Crippen LogP contribution in [0.15, 0.2) is 34.9 Å². The lowest BCUT2D eigenvalue weighted by Gasteiger charge is -2.11. The van der Waals surface area contributed by atoms with Gasteiger partial charge in [0.2, 0.25) is 0 Å². The van der Waals surface area contributed by atoms with Gasteiger partial charge in [-0.15, -0.1) is 0 Å². The molecule has 19 heavy (non-hydrogen) atoms. The third-order valence-corrected chi connectivity index (χ3v) is 3.11. The number of pyridine rings is 1. The first-order chi connectivity index (χ1) is 9.13. The Bertz CT molecular complexity index is 590. The molecule has 0 spiro atoms. The molecule has 2 rings (SSSR count). The van der Waals surface area contributed by atoms with Gasteiger partial charge in [0, 0.05) is 11.8 Å². The average molecular weight is 324 g/mol. The Morgan fingerprint density at radius 2 is 1.89 bits per heavy atom. The lowest BCUT2D eigenvalue weighted by Crippen LogP contribution is -1.97. The van der Waals surface area contributed by atoms with E-state index in [0.29, 0.717) is 23.0 Å². The number of methoxy groups -OCH3 is 2. The second-order valence-corrected chi connectivity index (χ2v) is 4.65. The fourth-order valence-corrected chi connectivity index (χ4v) is 2.06. The summed E-state index contributed by atoms with van der Waals surface area (Å²) in [4.78, 5) is 4.22. The Morgan fingerprint density at radius 3 is 2.53 bits per heavy atom. The summed E-state index contributed by atoms with van der Waals surface area (Å²) < 4.78 is 11.2. The van der Waals surface area contributed by atoms with Gasteiger partial charge in [0.1, 0.15) is 5.82 Å². The van der Waals surface area contributed by atoms with Crippen LogP contribution < -0.4 is 20.5 Å². The minimum atomic E-state index is 0.602. The van der Waals surface area contributed by atoms with Crippen LogP contribution in [0.2, 0.25) is 0 Å². The number of benzene rings is 1. The predicted octanol–water partition coefficient (Wildman–Crippen LogP) is 3.19. The number of aromatic nitrogens is 1. The molecule has 0 bridgehead atoms. The van der Waals surface area contributed by atoms with Gasteiger partial charge in [-0.3, -0.25) is 0 Å². The molecule has 1 aromatic carbocycles. The van der Waals surface area contributed by atoms with E-state index in [9.17, 15) is 0 Å². The van der Waals surface area contributed by atoms with Crippen molar-refractivity contribution in [2.24, 2.45) is 0 Å². The first kappa shape index (κ1) is 13.5. The van der Waals surface area contributed by atoms with Crippen LogP contribution in [0.3, 0.4) is 0 Å². The highest BCUT2D eigenvalue weighted by atomic mass is 79.9. The summed E-state index contributed by atoms with van der Waals surface area (Å²) in [6.07, 6.45) is 1.59. The fraction of sp³-hybridized carbons (Fsp3) is 0.154. The van der Waals surface area contributed by atoms with Crippen molar-refractivity contribution in [1.29, 1.82) is 0 Å². The van der Waals surface area contributed by atoms with E-state index in [4.69, 9.17) is 15.2 Å². The quantitative estimate of drug-likeness (QED) is 0.904. The Labute approximate surface area is 119 Å². The minimum Gasteiger partial charge on any atom is -0.493 e. The van der Waals surface area contributed by atoms with Gasteiger partial charge in [0.15, 0.2) is 11.5 Å². The monoisotopic (exact) mass is 323 g/mol. The fourth-order valence-electron chi connectivity index (χ4n) is 1.60. The van der Waals surface area contributed by atoms with Crippen LogP contribution >= 0.6 is 15.9 Å². The summed E-state index contributed by atoms with van der Waals surface area (Å²) in [7, 11) is 3.20. The van der Waals surface area contributed by atoms with Gasteiger partial charge in [-0.2, -0.15) is 0 Å². The molecule has 1 aromatic heterocycles. The molecule has 0 atom stereocenters. The number of hydrogen-bond acceptors (Lipinski definition) is 5. The predicted molar refractivity (Wildman–Crippen MR) is 79.2 cm³/mol. The molecule has 6 heteroatoms. The normalized spacial score (nSPS) is 10.1. The molecule has 100 valence electrons. The van der Waals surface area contributed by atoms with Gasteiger partial charge in [-0.1, -0.05) is 0 Å². The van der Waals surface area contributed by atoms with E-state index < -0.39 is 0 Å². The maximum absolute atomic E-state index is 5.65. The van der Waals surface area contributed by atoms with E-state index >= 15 is 0 Å². The van der Waals surface area contributed by atoms with Gasteiger partial charge in [-0.25, -0.2) is 4.98 Å². The van der Waals surface area contributed by atoms with Crippen LogP contribution in [0.25, 0.3) is 0 Å². The van der Waals surface area contributed by atoms with E-state index in [2.05, 4.69) is 26.2 Å². The average Bonchev–Trinajstić information content (AvgIpc) is 2.41. The molecule has 5 nitrogen and oxygen atoms in total. The summed E-state index contributed by atoms with van der Waals surface area (Å²) in [5.74, 6) is 2.01. The highest BCUT2D eigenvalue weighted by Crippen LogP contribution is 2.32. The largest absolute Gasteiger partial charge is 0.493 e. The Kier molecular flexibility index (Phi) is 4.11. The van der Waals surface area contributed by atoms with Crippen LogP contribution in [0.4, 0.5) is 17.2 Å². The second-order valence-electron chi connectivity index (χ2n) is 3.79. The SMILES string of the molecule is COc1ccc(Nc2ncc(N)cc2Br)cc1OC. The van der Waals surface area contributed by atoms with Crippen LogP contribution in [-0.2, 0) is 0 Å². The number of halogens is 1. The van der Waals surface area contributed by atoms with Crippen molar-refractivity contribution < 1.29 is 9.47 Å². The van der Waals surface area contributed by atoms with Crippen molar-refractivity contribution in [3.05, 3.63) is 34.9 Å². The van der Waals surface area contributed by atoms with Crippen molar-refractivity contribution in [3.8, 4) is 11.5 Å². The molecule has 3 N–H and O–H groups in total. The number of hydrogen-bond donors (Lipinski definition) is 2. The first-order valence-electron chi connectivity index (χ1n) is 5.54. The van der Waals surface area contributed by atoms with Crippen molar-refractivity contribution >= 4 is 33.1 Å². The molecule has 0 amide bonds. The molecule has 0 aliphatic carbocycles. The molecule has 0 saturated heterocycles. The molecule has 0 unspecified atom stereocenters. The standard InChI is InChI=1S/C13H14BrN3O2/c1-18-11-4-3-9(6-12(11)19-2)17-13-10(14)5-8(15)7-16-13/h3-7H,15H2,1-2H3,(H,16,17). The Morgan fingerprint density at radius 1 is 1.16 bits per heavy atom. The highest BCUT2D eigenvalue weighted by Gasteiger charge is 2.07. The van der Waals surface area contributed by atoms with E-state index in [1.54, 1.807) is 26.5 Å². The smallest absolute Gasteiger partial charge is 0.162 e. The van der Waals surface area contributed by atoms with Crippen LogP contribution in [0, 0.1) is 0 Å². The topological polar surface area (TPSA) is 69.4 Å². The van der Waals surface area contributed by atoms with E-state index in [-0.39, 0.29) is 0 Å². The minimum absolute atomic E-state index is 0.602. The maximum Gasteiger partial charge on any atom is 0.162 e. The third-order valence-electron chi connectivity index (χ3n) is 2.51. The van der Waals surface area contributed by atoms with Crippen molar-refractivity contribution in [2.75, 3.05) is 25.3 Å². The maximum atomic E-state index is 5.65. The van der Waals surface area contributed by atoms with Gasteiger partial charge < -0.3 is 20.5 Å². The Hall–Kier alpha value is -1.95. The number of anilines is 3. The summed E-state index contributed by atoms with van der Waals surface area (Å²) in [6, 6.07) is 7.33. The zero-order chi connectivity index (χ0) is 13.8. The lowest BCUT2D eigenvalue weighted by molar-refractivity contribution is 0.355. The van der Waals surface area contributed by atoms with Crippen LogP contribution in [0.5, 0.6) is 11.5 Å². The second kappa shape index (κ2) is 5.79. The zero-order valence-electron chi connectivity index (χ0n) is 10.6. The van der Waals surface area contributed by atoms with Crippen molar-refractivity contribution in [3.63, 3.8) is 0 Å². The number of nitrogens with zero attached hydrogens (tertiary/aromatic N) is 1. The van der Waals surface area contributed by atoms with Crippen molar-refractivity contribution in [2.45, 2.75) is 0 Å². The molecule has 1 heterocycles. The van der Waals surface area contributed by atoms with Gasteiger partial charge >= 0.3 is 0 Å². The summed E-state index contributed by atoms with van der Waals surface area (Å²) >= 11 is 3.41. The summed E-state index contributed by atoms with van der Waals surface area (Å²) in [5.41, 5.74) is 7.09. The molecule has 0 radical (unpaired) electrons. The molecular formula is C13H14BrN3O2. The summed E-state index contributed by atoms with van der Waals surface area (Å²) in [6.45, 7) is 0. The molecule has 0 fully saturated rings. The van der Waals surface area contributed by atoms with Gasteiger partial charge in [-0.05, 0) is 34.1 Å². The van der Waals surface area contributed by atoms with Crippen LogP contribution in [-0.4, -0.2) is 19.2 Å². The molecule has 0 aliphatic rings. The number of rotatable bonds is 4. The van der Waals surface area contributed by atoms with Gasteiger partial charge in [0.05, 0.1) is 30.6 Å².